The largest absolute Gasteiger partial charge is 0.480 e. The molecule has 2 aromatic heterocycles. The van der Waals surface area contributed by atoms with Crippen LogP contribution in [0.4, 0.5) is 0 Å². The van der Waals surface area contributed by atoms with Gasteiger partial charge in [-0.3, -0.25) is 4.98 Å². The summed E-state index contributed by atoms with van der Waals surface area (Å²) in [6, 6.07) is 5.85. The minimum Gasteiger partial charge on any atom is -0.480 e. The van der Waals surface area contributed by atoms with Crippen LogP contribution in [0.2, 0.25) is 0 Å². The van der Waals surface area contributed by atoms with Gasteiger partial charge < -0.3 is 9.30 Å². The third-order valence-electron chi connectivity index (χ3n) is 1.89. The number of methoxy groups -OCH3 is 1. The number of hydrogen-bond acceptors (Lipinski definition) is 3. The molecule has 0 saturated carbocycles. The number of rotatable bonds is 3. The number of hydrogen-bond donors (Lipinski definition) is 0. The molecule has 0 aromatic carbocycles. The van der Waals surface area contributed by atoms with E-state index in [0.29, 0.717) is 5.88 Å². The molecule has 0 atom stereocenters. The zero-order chi connectivity index (χ0) is 9.80. The molecular weight excluding hydrogens is 178 g/mol. The maximum Gasteiger partial charge on any atom is 0.231 e. The fourth-order valence-electron chi connectivity index (χ4n) is 1.21. The van der Waals surface area contributed by atoms with Crippen molar-refractivity contribution in [2.75, 3.05) is 7.11 Å². The normalized spacial score (nSPS) is 10.1. The van der Waals surface area contributed by atoms with Gasteiger partial charge in [0.2, 0.25) is 5.88 Å². The summed E-state index contributed by atoms with van der Waals surface area (Å²) in [5, 5.41) is 0. The van der Waals surface area contributed by atoms with Gasteiger partial charge in [-0.05, 0) is 12.1 Å². The average Bonchev–Trinajstić information content (AvgIpc) is 2.67. The highest BCUT2D eigenvalue weighted by Crippen LogP contribution is 2.06. The molecule has 0 bridgehead atoms. The van der Waals surface area contributed by atoms with Crippen molar-refractivity contribution >= 4 is 0 Å². The van der Waals surface area contributed by atoms with Gasteiger partial charge in [0.05, 0.1) is 31.9 Å². The van der Waals surface area contributed by atoms with Crippen molar-refractivity contribution in [1.29, 1.82) is 0 Å². The number of imidazole rings is 1. The van der Waals surface area contributed by atoms with E-state index in [-0.39, 0.29) is 0 Å². The molecule has 0 spiro atoms. The highest BCUT2D eigenvalue weighted by molar-refractivity contribution is 5.08. The highest BCUT2D eigenvalue weighted by atomic mass is 16.5. The van der Waals surface area contributed by atoms with Crippen LogP contribution in [0.1, 0.15) is 5.69 Å². The molecule has 2 rings (SSSR count). The summed E-state index contributed by atoms with van der Waals surface area (Å²) in [5.74, 6) is 0.626. The summed E-state index contributed by atoms with van der Waals surface area (Å²) < 4.78 is 6.91. The van der Waals surface area contributed by atoms with Crippen LogP contribution in [0.15, 0.2) is 36.9 Å². The van der Waals surface area contributed by atoms with Crippen LogP contribution in [0, 0.1) is 0 Å². The van der Waals surface area contributed by atoms with Gasteiger partial charge >= 0.3 is 0 Å². The Morgan fingerprint density at radius 3 is 2.93 bits per heavy atom. The van der Waals surface area contributed by atoms with E-state index in [0.717, 1.165) is 12.2 Å². The average molecular weight is 189 g/mol. The predicted molar refractivity (Wildman–Crippen MR) is 52.1 cm³/mol. The van der Waals surface area contributed by atoms with E-state index in [1.807, 2.05) is 29.0 Å². The Balaban J connectivity index is 2.11. The molecule has 2 heterocycles. The van der Waals surface area contributed by atoms with Crippen molar-refractivity contribution in [2.24, 2.45) is 0 Å². The topological polar surface area (TPSA) is 39.9 Å². The molecule has 0 radical (unpaired) electrons. The van der Waals surface area contributed by atoms with E-state index in [1.54, 1.807) is 19.6 Å². The molecule has 0 saturated heterocycles. The van der Waals surface area contributed by atoms with E-state index in [2.05, 4.69) is 9.97 Å². The number of pyridine rings is 1. The Morgan fingerprint density at radius 1 is 1.36 bits per heavy atom. The molecule has 4 nitrogen and oxygen atoms in total. The first kappa shape index (κ1) is 8.74. The van der Waals surface area contributed by atoms with Crippen LogP contribution in [0.5, 0.6) is 5.88 Å². The maximum atomic E-state index is 4.98. The summed E-state index contributed by atoms with van der Waals surface area (Å²) in [7, 11) is 1.60. The summed E-state index contributed by atoms with van der Waals surface area (Å²) in [6.45, 7) is 0.719. The smallest absolute Gasteiger partial charge is 0.231 e. The lowest BCUT2D eigenvalue weighted by atomic mass is 10.3. The van der Waals surface area contributed by atoms with Crippen LogP contribution < -0.4 is 4.74 Å². The number of nitrogens with zero attached hydrogens (tertiary/aromatic N) is 3. The fraction of sp³-hybridized carbons (Fsp3) is 0.200. The van der Waals surface area contributed by atoms with Crippen molar-refractivity contribution in [3.63, 3.8) is 0 Å². The van der Waals surface area contributed by atoms with Crippen LogP contribution in [0.3, 0.4) is 0 Å². The van der Waals surface area contributed by atoms with Crippen molar-refractivity contribution in [2.45, 2.75) is 6.54 Å². The summed E-state index contributed by atoms with van der Waals surface area (Å²) in [5.41, 5.74) is 1.01. The molecule has 0 N–H and O–H groups in total. The van der Waals surface area contributed by atoms with Gasteiger partial charge in [0.15, 0.2) is 0 Å². The Hall–Kier alpha value is -1.84. The first-order valence-corrected chi connectivity index (χ1v) is 4.34. The molecule has 0 aliphatic rings. The maximum absolute atomic E-state index is 4.98. The first-order valence-electron chi connectivity index (χ1n) is 4.34. The first-order chi connectivity index (χ1) is 6.88. The summed E-state index contributed by atoms with van der Waals surface area (Å²) in [6.07, 6.45) is 5.35. The lowest BCUT2D eigenvalue weighted by molar-refractivity contribution is 0.399. The van der Waals surface area contributed by atoms with Gasteiger partial charge in [-0.25, -0.2) is 4.98 Å². The van der Waals surface area contributed by atoms with Crippen LogP contribution in [-0.2, 0) is 6.54 Å². The highest BCUT2D eigenvalue weighted by Gasteiger charge is 1.98. The Morgan fingerprint density at radius 2 is 2.29 bits per heavy atom. The SMILES string of the molecule is COc1cn(Cc2ccccn2)cn1. The Kier molecular flexibility index (Phi) is 2.44. The lowest BCUT2D eigenvalue weighted by Crippen LogP contribution is -1.98. The predicted octanol–water partition coefficient (Wildman–Crippen LogP) is 1.33. The summed E-state index contributed by atoms with van der Waals surface area (Å²) >= 11 is 0. The van der Waals surface area contributed by atoms with Crippen molar-refractivity contribution in [3.05, 3.63) is 42.6 Å². The van der Waals surface area contributed by atoms with Gasteiger partial charge in [0.1, 0.15) is 0 Å². The zero-order valence-electron chi connectivity index (χ0n) is 7.92. The molecule has 2 aromatic rings. The third kappa shape index (κ3) is 1.90. The minimum atomic E-state index is 0.626. The molecule has 0 fully saturated rings. The minimum absolute atomic E-state index is 0.626. The molecule has 0 unspecified atom stereocenters. The molecule has 0 aliphatic heterocycles. The monoisotopic (exact) mass is 189 g/mol. The van der Waals surface area contributed by atoms with Crippen molar-refractivity contribution in [1.82, 2.24) is 14.5 Å². The van der Waals surface area contributed by atoms with E-state index in [9.17, 15) is 0 Å². The van der Waals surface area contributed by atoms with Crippen LogP contribution >= 0.6 is 0 Å². The standard InChI is InChI=1S/C10H11N3O/c1-14-10-7-13(8-12-10)6-9-4-2-3-5-11-9/h2-5,7-8H,6H2,1H3. The third-order valence-corrected chi connectivity index (χ3v) is 1.89. The van der Waals surface area contributed by atoms with E-state index < -0.39 is 0 Å². The lowest BCUT2D eigenvalue weighted by Gasteiger charge is -1.99. The van der Waals surface area contributed by atoms with Gasteiger partial charge in [-0.15, -0.1) is 0 Å². The second-order valence-electron chi connectivity index (χ2n) is 2.91. The van der Waals surface area contributed by atoms with Gasteiger partial charge in [0.25, 0.3) is 0 Å². The van der Waals surface area contributed by atoms with Crippen LogP contribution in [0.25, 0.3) is 0 Å². The van der Waals surface area contributed by atoms with Gasteiger partial charge in [-0.1, -0.05) is 6.07 Å². The Labute approximate surface area is 82.2 Å². The van der Waals surface area contributed by atoms with E-state index >= 15 is 0 Å². The van der Waals surface area contributed by atoms with Crippen LogP contribution in [-0.4, -0.2) is 21.6 Å². The van der Waals surface area contributed by atoms with E-state index in [4.69, 9.17) is 4.74 Å². The quantitative estimate of drug-likeness (QED) is 0.731. The molecular formula is C10H11N3O. The fourth-order valence-corrected chi connectivity index (χ4v) is 1.21. The summed E-state index contributed by atoms with van der Waals surface area (Å²) in [4.78, 5) is 8.26. The second-order valence-corrected chi connectivity index (χ2v) is 2.91. The second kappa shape index (κ2) is 3.91. The zero-order valence-corrected chi connectivity index (χ0v) is 7.92. The van der Waals surface area contributed by atoms with Gasteiger partial charge in [-0.2, -0.15) is 0 Å². The molecule has 4 heteroatoms. The van der Waals surface area contributed by atoms with Crippen molar-refractivity contribution < 1.29 is 4.74 Å². The molecule has 72 valence electrons. The number of ether oxygens (including phenoxy) is 1. The van der Waals surface area contributed by atoms with E-state index in [1.165, 1.54) is 0 Å². The Bertz CT molecular complexity index is 397. The number of aromatic nitrogens is 3. The molecule has 0 aliphatic carbocycles. The molecule has 0 amide bonds. The van der Waals surface area contributed by atoms with Crippen molar-refractivity contribution in [3.8, 4) is 5.88 Å². The molecule has 14 heavy (non-hydrogen) atoms. The van der Waals surface area contributed by atoms with Gasteiger partial charge in [0, 0.05) is 6.20 Å².